The second kappa shape index (κ2) is 6.41. The predicted octanol–water partition coefficient (Wildman–Crippen LogP) is 3.69. The van der Waals surface area contributed by atoms with E-state index < -0.39 is 0 Å². The Morgan fingerprint density at radius 1 is 1.25 bits per heavy atom. The molecule has 0 radical (unpaired) electrons. The first-order valence-corrected chi connectivity index (χ1v) is 7.81. The lowest BCUT2D eigenvalue weighted by Gasteiger charge is -2.20. The van der Waals surface area contributed by atoms with Gasteiger partial charge in [0.1, 0.15) is 5.82 Å². The second-order valence-electron chi connectivity index (χ2n) is 4.95. The van der Waals surface area contributed by atoms with E-state index in [1.165, 1.54) is 11.8 Å². The number of nitrogens with zero attached hydrogens (tertiary/aromatic N) is 2. The van der Waals surface area contributed by atoms with Crippen molar-refractivity contribution in [1.82, 2.24) is 15.1 Å². The lowest BCUT2D eigenvalue weighted by Crippen LogP contribution is -2.22. The summed E-state index contributed by atoms with van der Waals surface area (Å²) in [5.41, 5.74) is 2.08. The van der Waals surface area contributed by atoms with Crippen LogP contribution in [0, 0.1) is 5.82 Å². The summed E-state index contributed by atoms with van der Waals surface area (Å²) >= 11 is 1.42. The highest BCUT2D eigenvalue weighted by Crippen LogP contribution is 2.24. The highest BCUT2D eigenvalue weighted by Gasteiger charge is 2.13. The normalized spacial score (nSPS) is 14.2. The first-order valence-electron chi connectivity index (χ1n) is 6.59. The fourth-order valence-electron chi connectivity index (χ4n) is 2.18. The number of rotatable bonds is 5. The number of halogens is 1. The van der Waals surface area contributed by atoms with Crippen molar-refractivity contribution in [3.05, 3.63) is 47.5 Å². The van der Waals surface area contributed by atoms with Gasteiger partial charge in [0.2, 0.25) is 0 Å². The minimum atomic E-state index is -0.155. The summed E-state index contributed by atoms with van der Waals surface area (Å²) in [5.74, 6) is -0.155. The van der Waals surface area contributed by atoms with Crippen molar-refractivity contribution in [2.45, 2.75) is 30.8 Å². The molecular weight excluding hydrogens is 273 g/mol. The van der Waals surface area contributed by atoms with E-state index in [2.05, 4.69) is 17.3 Å². The number of benzene rings is 1. The Morgan fingerprint density at radius 2 is 1.95 bits per heavy atom. The average Bonchev–Trinajstić information content (AvgIpc) is 2.85. The first-order chi connectivity index (χ1) is 9.51. The van der Waals surface area contributed by atoms with Crippen molar-refractivity contribution in [2.24, 2.45) is 7.05 Å². The molecule has 2 rings (SSSR count). The largest absolute Gasteiger partial charge is 0.304 e. The third-order valence-electron chi connectivity index (χ3n) is 3.40. The Morgan fingerprint density at radius 3 is 2.50 bits per heavy atom. The van der Waals surface area contributed by atoms with Crippen molar-refractivity contribution in [2.75, 3.05) is 6.26 Å². The smallest absolute Gasteiger partial charge is 0.137 e. The van der Waals surface area contributed by atoms with Crippen molar-refractivity contribution >= 4 is 11.8 Å². The number of aryl methyl sites for hydroxylation is 1. The number of thioether (sulfide) groups is 1. The molecular formula is C15H20FN3S. The van der Waals surface area contributed by atoms with Crippen LogP contribution in [0.15, 0.2) is 35.5 Å². The fraction of sp³-hybridized carbons (Fsp3) is 0.400. The lowest BCUT2D eigenvalue weighted by atomic mass is 10.1. The summed E-state index contributed by atoms with van der Waals surface area (Å²) in [5, 5.41) is 7.63. The first kappa shape index (κ1) is 15.1. The molecule has 3 nitrogen and oxygen atoms in total. The van der Waals surface area contributed by atoms with Gasteiger partial charge in [-0.15, -0.1) is 11.8 Å². The molecule has 1 N–H and O–H groups in total. The van der Waals surface area contributed by atoms with Gasteiger partial charge in [0, 0.05) is 35.8 Å². The van der Waals surface area contributed by atoms with Gasteiger partial charge >= 0.3 is 0 Å². The van der Waals surface area contributed by atoms with Crippen LogP contribution < -0.4 is 5.32 Å². The van der Waals surface area contributed by atoms with E-state index in [4.69, 9.17) is 0 Å². The van der Waals surface area contributed by atoms with Crippen LogP contribution in [0.5, 0.6) is 0 Å². The number of aromatic nitrogens is 2. The standard InChI is InChI=1S/C15H20FN3S/c1-10(12-5-6-15(20-4)14(16)7-12)18-11(2)13-8-17-19(3)9-13/h5-11,18H,1-4H3/t10-,11+/m1/s1. The van der Waals surface area contributed by atoms with Crippen LogP contribution >= 0.6 is 11.8 Å². The van der Waals surface area contributed by atoms with E-state index in [-0.39, 0.29) is 17.9 Å². The number of hydrogen-bond donors (Lipinski definition) is 1. The highest BCUT2D eigenvalue weighted by atomic mass is 32.2. The molecule has 1 aromatic heterocycles. The summed E-state index contributed by atoms with van der Waals surface area (Å²) in [6.07, 6.45) is 5.72. The quantitative estimate of drug-likeness (QED) is 0.853. The minimum Gasteiger partial charge on any atom is -0.304 e. The molecule has 108 valence electrons. The van der Waals surface area contributed by atoms with Crippen LogP contribution in [-0.4, -0.2) is 16.0 Å². The maximum absolute atomic E-state index is 13.8. The van der Waals surface area contributed by atoms with Gasteiger partial charge in [0.05, 0.1) is 6.20 Å². The number of hydrogen-bond acceptors (Lipinski definition) is 3. The van der Waals surface area contributed by atoms with Gasteiger partial charge in [0.25, 0.3) is 0 Å². The molecule has 0 fully saturated rings. The molecule has 0 saturated heterocycles. The molecule has 0 aliphatic rings. The molecule has 0 amide bonds. The zero-order valence-electron chi connectivity index (χ0n) is 12.2. The molecule has 0 unspecified atom stereocenters. The van der Waals surface area contributed by atoms with Crippen LogP contribution in [0.3, 0.4) is 0 Å². The van der Waals surface area contributed by atoms with E-state index in [0.29, 0.717) is 4.90 Å². The summed E-state index contributed by atoms with van der Waals surface area (Å²) in [7, 11) is 1.90. The van der Waals surface area contributed by atoms with Crippen LogP contribution in [0.1, 0.15) is 37.1 Å². The second-order valence-corrected chi connectivity index (χ2v) is 5.80. The van der Waals surface area contributed by atoms with Crippen LogP contribution in [0.2, 0.25) is 0 Å². The van der Waals surface area contributed by atoms with Crippen LogP contribution in [-0.2, 0) is 7.05 Å². The Hall–Kier alpha value is -1.33. The lowest BCUT2D eigenvalue weighted by molar-refractivity contribution is 0.490. The molecule has 0 aliphatic carbocycles. The molecule has 20 heavy (non-hydrogen) atoms. The Balaban J connectivity index is 2.07. The van der Waals surface area contributed by atoms with Gasteiger partial charge in [-0.05, 0) is 37.8 Å². The summed E-state index contributed by atoms with van der Waals surface area (Å²) in [6.45, 7) is 4.13. The van der Waals surface area contributed by atoms with E-state index in [9.17, 15) is 4.39 Å². The summed E-state index contributed by atoms with van der Waals surface area (Å²) in [4.78, 5) is 0.682. The molecule has 5 heteroatoms. The van der Waals surface area contributed by atoms with Gasteiger partial charge in [-0.25, -0.2) is 4.39 Å². The topological polar surface area (TPSA) is 29.9 Å². The van der Waals surface area contributed by atoms with Crippen molar-refractivity contribution in [3.63, 3.8) is 0 Å². The maximum atomic E-state index is 13.8. The molecule has 2 aromatic rings. The van der Waals surface area contributed by atoms with E-state index >= 15 is 0 Å². The SMILES string of the molecule is CSc1ccc([C@@H](C)N[C@@H](C)c2cnn(C)c2)cc1F. The highest BCUT2D eigenvalue weighted by molar-refractivity contribution is 7.98. The molecule has 0 bridgehead atoms. The minimum absolute atomic E-state index is 0.0793. The molecule has 0 aliphatic heterocycles. The zero-order valence-corrected chi connectivity index (χ0v) is 13.0. The molecule has 1 heterocycles. The van der Waals surface area contributed by atoms with Crippen LogP contribution in [0.25, 0.3) is 0 Å². The zero-order chi connectivity index (χ0) is 14.7. The maximum Gasteiger partial charge on any atom is 0.137 e. The van der Waals surface area contributed by atoms with Gasteiger partial charge in [-0.1, -0.05) is 6.07 Å². The van der Waals surface area contributed by atoms with Gasteiger partial charge in [-0.2, -0.15) is 5.10 Å². The van der Waals surface area contributed by atoms with Crippen LogP contribution in [0.4, 0.5) is 4.39 Å². The van der Waals surface area contributed by atoms with E-state index in [1.807, 2.05) is 44.8 Å². The van der Waals surface area contributed by atoms with Crippen molar-refractivity contribution < 1.29 is 4.39 Å². The third kappa shape index (κ3) is 3.41. The van der Waals surface area contributed by atoms with Crippen molar-refractivity contribution in [3.8, 4) is 0 Å². The van der Waals surface area contributed by atoms with Gasteiger partial charge in [-0.3, -0.25) is 4.68 Å². The molecule has 0 spiro atoms. The molecule has 2 atom stereocenters. The molecule has 0 saturated carbocycles. The molecule has 1 aromatic carbocycles. The van der Waals surface area contributed by atoms with Gasteiger partial charge < -0.3 is 5.32 Å². The Kier molecular flexibility index (Phi) is 4.83. The number of nitrogens with one attached hydrogen (secondary N) is 1. The van der Waals surface area contributed by atoms with E-state index in [0.717, 1.165) is 11.1 Å². The summed E-state index contributed by atoms with van der Waals surface area (Å²) < 4.78 is 15.6. The Labute approximate surface area is 123 Å². The Bertz CT molecular complexity index is 582. The van der Waals surface area contributed by atoms with Crippen molar-refractivity contribution in [1.29, 1.82) is 0 Å². The summed E-state index contributed by atoms with van der Waals surface area (Å²) in [6, 6.07) is 5.67. The van der Waals surface area contributed by atoms with E-state index in [1.54, 1.807) is 10.7 Å². The third-order valence-corrected chi connectivity index (χ3v) is 4.17. The fourth-order valence-corrected chi connectivity index (χ4v) is 2.64. The monoisotopic (exact) mass is 293 g/mol. The predicted molar refractivity (Wildman–Crippen MR) is 81.4 cm³/mol. The van der Waals surface area contributed by atoms with Gasteiger partial charge in [0.15, 0.2) is 0 Å². The average molecular weight is 293 g/mol.